The second-order valence-corrected chi connectivity index (χ2v) is 7.81. The second-order valence-electron chi connectivity index (χ2n) is 7.81. The van der Waals surface area contributed by atoms with Crippen molar-refractivity contribution in [2.24, 2.45) is 0 Å². The molecule has 3 heteroatoms. The predicted molar refractivity (Wildman–Crippen MR) is 108 cm³/mol. The van der Waals surface area contributed by atoms with Gasteiger partial charge >= 0.3 is 0 Å². The highest BCUT2D eigenvalue weighted by atomic mass is 16.3. The first-order chi connectivity index (χ1) is 12.8. The van der Waals surface area contributed by atoms with Crippen LogP contribution in [0.2, 0.25) is 0 Å². The van der Waals surface area contributed by atoms with E-state index in [0.29, 0.717) is 0 Å². The standard InChI is InChI=1S/C23H34N2O/c26-23(22-9-2-4-16-24-22)15-14-21-12-10-20(11-13-21)8-3-7-19-25-17-5-1-6-18-25/h10-13,22-24,26H,1-2,4-7,9,14-19H2. The van der Waals surface area contributed by atoms with Gasteiger partial charge in [0, 0.05) is 24.6 Å². The molecule has 1 aromatic carbocycles. The molecule has 0 radical (unpaired) electrons. The molecule has 0 amide bonds. The fourth-order valence-corrected chi connectivity index (χ4v) is 4.04. The van der Waals surface area contributed by atoms with Gasteiger partial charge in [-0.05, 0) is 75.9 Å². The van der Waals surface area contributed by atoms with E-state index < -0.39 is 0 Å². The van der Waals surface area contributed by atoms with Crippen LogP contribution in [-0.2, 0) is 6.42 Å². The van der Waals surface area contributed by atoms with Crippen LogP contribution in [0.3, 0.4) is 0 Å². The number of benzene rings is 1. The Morgan fingerprint density at radius 2 is 1.88 bits per heavy atom. The minimum absolute atomic E-state index is 0.232. The summed E-state index contributed by atoms with van der Waals surface area (Å²) in [6, 6.07) is 8.85. The smallest absolute Gasteiger partial charge is 0.0696 e. The van der Waals surface area contributed by atoms with Gasteiger partial charge < -0.3 is 15.3 Å². The zero-order chi connectivity index (χ0) is 18.0. The summed E-state index contributed by atoms with van der Waals surface area (Å²) in [5.41, 5.74) is 2.39. The third kappa shape index (κ3) is 6.43. The number of aryl methyl sites for hydroxylation is 1. The largest absolute Gasteiger partial charge is 0.391 e. The second kappa shape index (κ2) is 10.7. The summed E-state index contributed by atoms with van der Waals surface area (Å²) < 4.78 is 0. The van der Waals surface area contributed by atoms with Crippen LogP contribution in [0.4, 0.5) is 0 Å². The van der Waals surface area contributed by atoms with Crippen LogP contribution < -0.4 is 5.32 Å². The summed E-state index contributed by atoms with van der Waals surface area (Å²) in [4.78, 5) is 2.54. The van der Waals surface area contributed by atoms with E-state index in [2.05, 4.69) is 46.3 Å². The number of likely N-dealkylation sites (tertiary alicyclic amines) is 1. The van der Waals surface area contributed by atoms with Gasteiger partial charge in [0.25, 0.3) is 0 Å². The summed E-state index contributed by atoms with van der Waals surface area (Å²) in [6.45, 7) is 4.65. The molecule has 2 atom stereocenters. The molecule has 2 fully saturated rings. The molecule has 3 rings (SSSR count). The number of aliphatic hydroxyl groups is 1. The maximum atomic E-state index is 10.4. The van der Waals surface area contributed by atoms with Crippen molar-refractivity contribution < 1.29 is 5.11 Å². The average Bonchev–Trinajstić information content (AvgIpc) is 2.72. The van der Waals surface area contributed by atoms with Crippen LogP contribution in [0.15, 0.2) is 24.3 Å². The monoisotopic (exact) mass is 354 g/mol. The van der Waals surface area contributed by atoms with Gasteiger partial charge in [-0.1, -0.05) is 36.8 Å². The first-order valence-electron chi connectivity index (χ1n) is 10.5. The summed E-state index contributed by atoms with van der Waals surface area (Å²) in [5.74, 6) is 6.61. The van der Waals surface area contributed by atoms with Crippen LogP contribution in [-0.4, -0.2) is 48.3 Å². The molecule has 2 unspecified atom stereocenters. The quantitative estimate of drug-likeness (QED) is 0.769. The molecule has 1 aromatic rings. The molecular weight excluding hydrogens is 320 g/mol. The van der Waals surface area contributed by atoms with Crippen molar-refractivity contribution in [2.75, 3.05) is 26.2 Å². The van der Waals surface area contributed by atoms with Crippen molar-refractivity contribution in [3.05, 3.63) is 35.4 Å². The molecule has 0 spiro atoms. The van der Waals surface area contributed by atoms with Gasteiger partial charge in [0.05, 0.1) is 6.10 Å². The number of nitrogens with zero attached hydrogens (tertiary/aromatic N) is 1. The highest BCUT2D eigenvalue weighted by molar-refractivity contribution is 5.36. The Bertz CT molecular complexity index is 574. The molecule has 2 aliphatic rings. The van der Waals surface area contributed by atoms with E-state index in [1.807, 2.05) is 0 Å². The number of nitrogens with one attached hydrogen (secondary N) is 1. The maximum Gasteiger partial charge on any atom is 0.0696 e. The van der Waals surface area contributed by atoms with E-state index in [9.17, 15) is 5.11 Å². The van der Waals surface area contributed by atoms with Gasteiger partial charge in [-0.3, -0.25) is 0 Å². The molecule has 2 aliphatic heterocycles. The van der Waals surface area contributed by atoms with Crippen molar-refractivity contribution in [1.82, 2.24) is 10.2 Å². The SMILES string of the molecule is OC(CCc1ccc(C#CCCN2CCCCC2)cc1)C1CCCCN1. The lowest BCUT2D eigenvalue weighted by molar-refractivity contribution is 0.105. The Hall–Kier alpha value is -1.34. The Balaban J connectivity index is 1.38. The van der Waals surface area contributed by atoms with Crippen LogP contribution >= 0.6 is 0 Å². The van der Waals surface area contributed by atoms with Gasteiger partial charge in [-0.2, -0.15) is 0 Å². The summed E-state index contributed by atoms with van der Waals surface area (Å²) in [7, 11) is 0. The number of piperidine rings is 2. The van der Waals surface area contributed by atoms with Gasteiger partial charge in [0.2, 0.25) is 0 Å². The number of hydrogen-bond acceptors (Lipinski definition) is 3. The Morgan fingerprint density at radius 3 is 2.62 bits per heavy atom. The van der Waals surface area contributed by atoms with E-state index in [1.165, 1.54) is 50.8 Å². The van der Waals surface area contributed by atoms with Crippen molar-refractivity contribution in [1.29, 1.82) is 0 Å². The summed E-state index contributed by atoms with van der Waals surface area (Å²) >= 11 is 0. The predicted octanol–water partition coefficient (Wildman–Crippen LogP) is 3.35. The lowest BCUT2D eigenvalue weighted by atomic mass is 9.95. The Kier molecular flexibility index (Phi) is 8.01. The van der Waals surface area contributed by atoms with Gasteiger partial charge in [-0.15, -0.1) is 0 Å². The molecule has 0 saturated carbocycles. The maximum absolute atomic E-state index is 10.4. The van der Waals surface area contributed by atoms with E-state index >= 15 is 0 Å². The minimum Gasteiger partial charge on any atom is -0.391 e. The van der Waals surface area contributed by atoms with Gasteiger partial charge in [0.15, 0.2) is 0 Å². The topological polar surface area (TPSA) is 35.5 Å². The molecule has 26 heavy (non-hydrogen) atoms. The average molecular weight is 355 g/mol. The fraction of sp³-hybridized carbons (Fsp3) is 0.652. The molecule has 2 saturated heterocycles. The van der Waals surface area contributed by atoms with Gasteiger partial charge in [-0.25, -0.2) is 0 Å². The Morgan fingerprint density at radius 1 is 1.08 bits per heavy atom. The number of rotatable bonds is 6. The molecule has 0 bridgehead atoms. The fourth-order valence-electron chi connectivity index (χ4n) is 4.04. The third-order valence-corrected chi connectivity index (χ3v) is 5.73. The van der Waals surface area contributed by atoms with E-state index in [0.717, 1.165) is 44.3 Å². The lowest BCUT2D eigenvalue weighted by Gasteiger charge is -2.28. The number of aliphatic hydroxyl groups excluding tert-OH is 1. The lowest BCUT2D eigenvalue weighted by Crippen LogP contribution is -2.43. The molecule has 0 aromatic heterocycles. The van der Waals surface area contributed by atoms with Crippen LogP contribution in [0.5, 0.6) is 0 Å². The molecule has 0 aliphatic carbocycles. The van der Waals surface area contributed by atoms with Crippen LogP contribution in [0, 0.1) is 11.8 Å². The highest BCUT2D eigenvalue weighted by Gasteiger charge is 2.20. The van der Waals surface area contributed by atoms with E-state index in [-0.39, 0.29) is 12.1 Å². The minimum atomic E-state index is -0.232. The van der Waals surface area contributed by atoms with Crippen molar-refractivity contribution in [3.8, 4) is 11.8 Å². The van der Waals surface area contributed by atoms with Crippen molar-refractivity contribution in [2.45, 2.75) is 69.9 Å². The van der Waals surface area contributed by atoms with Crippen molar-refractivity contribution >= 4 is 0 Å². The highest BCUT2D eigenvalue weighted by Crippen LogP contribution is 2.15. The third-order valence-electron chi connectivity index (χ3n) is 5.73. The number of hydrogen-bond donors (Lipinski definition) is 2. The van der Waals surface area contributed by atoms with Crippen LogP contribution in [0.1, 0.15) is 62.5 Å². The Labute approximate surface area is 159 Å². The molecule has 2 N–H and O–H groups in total. The molecular formula is C23H34N2O. The molecule has 142 valence electrons. The zero-order valence-electron chi connectivity index (χ0n) is 16.1. The first kappa shape index (κ1) is 19.4. The van der Waals surface area contributed by atoms with Crippen LogP contribution in [0.25, 0.3) is 0 Å². The molecule has 2 heterocycles. The van der Waals surface area contributed by atoms with E-state index in [4.69, 9.17) is 0 Å². The summed E-state index contributed by atoms with van der Waals surface area (Å²) in [6.07, 6.45) is 10.2. The van der Waals surface area contributed by atoms with E-state index in [1.54, 1.807) is 0 Å². The normalized spacial score (nSPS) is 22.4. The summed E-state index contributed by atoms with van der Waals surface area (Å²) in [5, 5.41) is 13.8. The van der Waals surface area contributed by atoms with Crippen molar-refractivity contribution in [3.63, 3.8) is 0 Å². The van der Waals surface area contributed by atoms with Gasteiger partial charge in [0.1, 0.15) is 0 Å². The zero-order valence-corrected chi connectivity index (χ0v) is 16.1. The first-order valence-corrected chi connectivity index (χ1v) is 10.5. The molecule has 3 nitrogen and oxygen atoms in total.